The minimum absolute atomic E-state index is 0.00985. The van der Waals surface area contributed by atoms with Gasteiger partial charge in [0.05, 0.1) is 5.56 Å². The lowest BCUT2D eigenvalue weighted by atomic mass is 10.2. The van der Waals surface area contributed by atoms with E-state index in [4.69, 9.17) is 4.74 Å². The quantitative estimate of drug-likeness (QED) is 0.650. The Hall–Kier alpha value is -2.44. The fourth-order valence-electron chi connectivity index (χ4n) is 1.95. The van der Waals surface area contributed by atoms with Crippen molar-refractivity contribution in [3.8, 4) is 0 Å². The highest BCUT2D eigenvalue weighted by Gasteiger charge is 2.30. The molecule has 1 amide bonds. The van der Waals surface area contributed by atoms with E-state index in [0.717, 1.165) is 29.5 Å². The van der Waals surface area contributed by atoms with E-state index < -0.39 is 46.3 Å². The first-order chi connectivity index (χ1) is 13.0. The molecule has 12 heteroatoms. The van der Waals surface area contributed by atoms with E-state index in [0.29, 0.717) is 0 Å². The monoisotopic (exact) mass is 436 g/mol. The van der Waals surface area contributed by atoms with Crippen molar-refractivity contribution in [2.45, 2.75) is 23.4 Å². The van der Waals surface area contributed by atoms with Crippen LogP contribution in [0.15, 0.2) is 46.0 Å². The number of alkyl halides is 3. The molecular formula is C16H15F3N2O5S2. The number of hydrogen-bond donors (Lipinski definition) is 2. The van der Waals surface area contributed by atoms with Crippen molar-refractivity contribution in [1.82, 2.24) is 4.72 Å². The molecule has 2 N–H and O–H groups in total. The molecule has 1 unspecified atom stereocenters. The SMILES string of the molecule is CC(OC(=O)CNS(=O)(=O)c1cccs1)C(=O)Nc1cccc(C(F)(F)F)c1. The second-order valence-corrected chi connectivity index (χ2v) is 8.40. The molecule has 0 aliphatic carbocycles. The second-order valence-electron chi connectivity index (χ2n) is 5.46. The Bertz CT molecular complexity index is 943. The van der Waals surface area contributed by atoms with E-state index in [9.17, 15) is 31.2 Å². The molecule has 1 aromatic heterocycles. The van der Waals surface area contributed by atoms with Crippen LogP contribution >= 0.6 is 11.3 Å². The van der Waals surface area contributed by atoms with E-state index in [1.165, 1.54) is 25.1 Å². The number of carbonyl (C=O) groups is 2. The molecule has 0 aliphatic heterocycles. The van der Waals surface area contributed by atoms with Crippen LogP contribution < -0.4 is 10.0 Å². The molecule has 28 heavy (non-hydrogen) atoms. The molecule has 2 rings (SSSR count). The summed E-state index contributed by atoms with van der Waals surface area (Å²) in [5.74, 6) is -1.89. The van der Waals surface area contributed by atoms with Crippen LogP contribution in [0.1, 0.15) is 12.5 Å². The summed E-state index contributed by atoms with van der Waals surface area (Å²) in [6.07, 6.45) is -5.92. The Balaban J connectivity index is 1.89. The van der Waals surface area contributed by atoms with E-state index in [2.05, 4.69) is 5.32 Å². The van der Waals surface area contributed by atoms with E-state index >= 15 is 0 Å². The predicted molar refractivity (Wildman–Crippen MR) is 95.1 cm³/mol. The van der Waals surface area contributed by atoms with Crippen molar-refractivity contribution in [1.29, 1.82) is 0 Å². The van der Waals surface area contributed by atoms with Gasteiger partial charge in [0.25, 0.3) is 15.9 Å². The van der Waals surface area contributed by atoms with Gasteiger partial charge in [-0.2, -0.15) is 17.9 Å². The van der Waals surface area contributed by atoms with Crippen molar-refractivity contribution in [2.75, 3.05) is 11.9 Å². The van der Waals surface area contributed by atoms with Gasteiger partial charge in [0.15, 0.2) is 6.10 Å². The standard InChI is InChI=1S/C16H15F3N2O5S2/c1-10(15(23)21-12-5-2-4-11(8-12)16(17,18)19)26-13(22)9-20-28(24,25)14-6-3-7-27-14/h2-8,10,20H,9H2,1H3,(H,21,23). The smallest absolute Gasteiger partial charge is 0.416 e. The number of hydrogen-bond acceptors (Lipinski definition) is 6. The second kappa shape index (κ2) is 8.71. The lowest BCUT2D eigenvalue weighted by Crippen LogP contribution is -2.35. The number of halogens is 3. The lowest BCUT2D eigenvalue weighted by Gasteiger charge is -2.15. The van der Waals surface area contributed by atoms with Crippen molar-refractivity contribution in [3.63, 3.8) is 0 Å². The number of rotatable bonds is 7. The molecule has 7 nitrogen and oxygen atoms in total. The third-order valence-corrected chi connectivity index (χ3v) is 6.10. The van der Waals surface area contributed by atoms with Gasteiger partial charge in [-0.05, 0) is 36.6 Å². The van der Waals surface area contributed by atoms with Gasteiger partial charge < -0.3 is 10.1 Å². The summed E-state index contributed by atoms with van der Waals surface area (Å²) < 4.78 is 68.7. The van der Waals surface area contributed by atoms with Crippen LogP contribution in [-0.2, 0) is 30.5 Å². The van der Waals surface area contributed by atoms with Crippen molar-refractivity contribution < 1.29 is 35.9 Å². The number of anilines is 1. The van der Waals surface area contributed by atoms with E-state index in [-0.39, 0.29) is 9.90 Å². The van der Waals surface area contributed by atoms with Crippen LogP contribution in [0.4, 0.5) is 18.9 Å². The first-order valence-corrected chi connectivity index (χ1v) is 10.1. The molecule has 0 spiro atoms. The maximum absolute atomic E-state index is 12.7. The van der Waals surface area contributed by atoms with Crippen LogP contribution in [0.5, 0.6) is 0 Å². The molecule has 0 radical (unpaired) electrons. The Labute approximate surface area is 162 Å². The van der Waals surface area contributed by atoms with E-state index in [1.807, 2.05) is 4.72 Å². The average Bonchev–Trinajstić information content (AvgIpc) is 3.15. The summed E-state index contributed by atoms with van der Waals surface area (Å²) >= 11 is 0.958. The summed E-state index contributed by atoms with van der Waals surface area (Å²) in [6, 6.07) is 6.83. The number of carbonyl (C=O) groups excluding carboxylic acids is 2. The highest BCUT2D eigenvalue weighted by Crippen LogP contribution is 2.30. The highest BCUT2D eigenvalue weighted by molar-refractivity contribution is 7.91. The number of amides is 1. The minimum atomic E-state index is -4.57. The summed E-state index contributed by atoms with van der Waals surface area (Å²) in [6.45, 7) is 0.496. The van der Waals surface area contributed by atoms with Gasteiger partial charge >= 0.3 is 12.1 Å². The summed E-state index contributed by atoms with van der Waals surface area (Å²) in [5.41, 5.74) is -1.07. The molecule has 0 fully saturated rings. The van der Waals surface area contributed by atoms with Gasteiger partial charge in [-0.1, -0.05) is 12.1 Å². The van der Waals surface area contributed by atoms with Gasteiger partial charge in [0.1, 0.15) is 10.8 Å². The van der Waals surface area contributed by atoms with Crippen LogP contribution in [0.25, 0.3) is 0 Å². The molecule has 1 aromatic carbocycles. The molecule has 0 aliphatic rings. The zero-order valence-corrected chi connectivity index (χ0v) is 16.0. The highest BCUT2D eigenvalue weighted by atomic mass is 32.2. The van der Waals surface area contributed by atoms with Gasteiger partial charge in [0, 0.05) is 5.69 Å². The van der Waals surface area contributed by atoms with Crippen molar-refractivity contribution in [2.24, 2.45) is 0 Å². The largest absolute Gasteiger partial charge is 0.452 e. The van der Waals surface area contributed by atoms with Crippen LogP contribution in [0.2, 0.25) is 0 Å². The molecular weight excluding hydrogens is 421 g/mol. The number of ether oxygens (including phenoxy) is 1. The Morgan fingerprint density at radius 3 is 2.54 bits per heavy atom. The summed E-state index contributed by atoms with van der Waals surface area (Å²) in [5, 5.41) is 3.75. The zero-order valence-electron chi connectivity index (χ0n) is 14.3. The fourth-order valence-corrected chi connectivity index (χ4v) is 3.96. The lowest BCUT2D eigenvalue weighted by molar-refractivity contribution is -0.151. The van der Waals surface area contributed by atoms with E-state index in [1.54, 1.807) is 5.38 Å². The van der Waals surface area contributed by atoms with Gasteiger partial charge in [-0.3, -0.25) is 9.59 Å². The van der Waals surface area contributed by atoms with Gasteiger partial charge in [-0.15, -0.1) is 11.3 Å². The first-order valence-electron chi connectivity index (χ1n) is 7.70. The molecule has 1 atom stereocenters. The summed E-state index contributed by atoms with van der Waals surface area (Å²) in [4.78, 5) is 23.7. The predicted octanol–water partition coefficient (Wildman–Crippen LogP) is 2.62. The Morgan fingerprint density at radius 1 is 1.21 bits per heavy atom. The van der Waals surface area contributed by atoms with Crippen molar-refractivity contribution in [3.05, 3.63) is 47.3 Å². The van der Waals surface area contributed by atoms with Crippen LogP contribution in [0.3, 0.4) is 0 Å². The maximum atomic E-state index is 12.7. The minimum Gasteiger partial charge on any atom is -0.452 e. The number of nitrogens with one attached hydrogen (secondary N) is 2. The fraction of sp³-hybridized carbons (Fsp3) is 0.250. The normalized spacial score (nSPS) is 13.0. The van der Waals surface area contributed by atoms with Gasteiger partial charge in [0.2, 0.25) is 0 Å². The average molecular weight is 436 g/mol. The summed E-state index contributed by atoms with van der Waals surface area (Å²) in [7, 11) is -3.87. The molecule has 0 bridgehead atoms. The number of thiophene rings is 1. The van der Waals surface area contributed by atoms with Crippen molar-refractivity contribution >= 4 is 38.9 Å². The third kappa shape index (κ3) is 6.04. The van der Waals surface area contributed by atoms with Crippen LogP contribution in [-0.4, -0.2) is 32.9 Å². The molecule has 0 saturated carbocycles. The Morgan fingerprint density at radius 2 is 1.93 bits per heavy atom. The van der Waals surface area contributed by atoms with Crippen LogP contribution in [0, 0.1) is 0 Å². The molecule has 0 saturated heterocycles. The maximum Gasteiger partial charge on any atom is 0.416 e. The topological polar surface area (TPSA) is 102 Å². The number of benzene rings is 1. The third-order valence-electron chi connectivity index (χ3n) is 3.30. The Kier molecular flexibility index (Phi) is 6.80. The molecule has 1 heterocycles. The first kappa shape index (κ1) is 21.9. The number of sulfonamides is 1. The zero-order chi connectivity index (χ0) is 20.9. The molecule has 2 aromatic rings. The molecule has 152 valence electrons. The number of esters is 1. The van der Waals surface area contributed by atoms with Gasteiger partial charge in [-0.25, -0.2) is 8.42 Å².